The van der Waals surface area contributed by atoms with Gasteiger partial charge >= 0.3 is 0 Å². The van der Waals surface area contributed by atoms with E-state index in [9.17, 15) is 9.59 Å². The molecule has 0 N–H and O–H groups in total. The fraction of sp³-hybridized carbons (Fsp3) is 0.667. The molecule has 3 nitrogen and oxygen atoms in total. The standard InChI is InChI=1S/C12H17NO2/c1-3-6-13-10(14)8-12(11(13)15)5-4-9(2)7-12/h3,9H,1,4-8H2,2H3. The third kappa shape index (κ3) is 1.50. The zero-order valence-corrected chi connectivity index (χ0v) is 9.16. The van der Waals surface area contributed by atoms with Crippen LogP contribution in [0.3, 0.4) is 0 Å². The maximum atomic E-state index is 12.1. The van der Waals surface area contributed by atoms with Crippen LogP contribution in [0.25, 0.3) is 0 Å². The van der Waals surface area contributed by atoms with E-state index in [0.717, 1.165) is 19.3 Å². The quantitative estimate of drug-likeness (QED) is 0.511. The van der Waals surface area contributed by atoms with E-state index in [1.807, 2.05) is 0 Å². The lowest BCUT2D eigenvalue weighted by Gasteiger charge is -2.20. The highest BCUT2D eigenvalue weighted by molar-refractivity contribution is 6.06. The van der Waals surface area contributed by atoms with Crippen molar-refractivity contribution in [2.24, 2.45) is 11.3 Å². The van der Waals surface area contributed by atoms with Gasteiger partial charge in [0, 0.05) is 13.0 Å². The van der Waals surface area contributed by atoms with Gasteiger partial charge in [0.25, 0.3) is 0 Å². The van der Waals surface area contributed by atoms with Crippen LogP contribution in [0.4, 0.5) is 0 Å². The Morgan fingerprint density at radius 2 is 2.33 bits per heavy atom. The average molecular weight is 207 g/mol. The third-order valence-electron chi connectivity index (χ3n) is 3.66. The molecule has 0 bridgehead atoms. The molecule has 1 saturated heterocycles. The zero-order valence-electron chi connectivity index (χ0n) is 9.16. The van der Waals surface area contributed by atoms with E-state index < -0.39 is 0 Å². The minimum Gasteiger partial charge on any atom is -0.278 e. The Labute approximate surface area is 90.1 Å². The van der Waals surface area contributed by atoms with Crippen LogP contribution >= 0.6 is 0 Å². The maximum Gasteiger partial charge on any atom is 0.236 e. The first-order chi connectivity index (χ1) is 7.09. The van der Waals surface area contributed by atoms with E-state index >= 15 is 0 Å². The highest BCUT2D eigenvalue weighted by Gasteiger charge is 2.53. The van der Waals surface area contributed by atoms with Crippen LogP contribution in [0, 0.1) is 11.3 Å². The minimum absolute atomic E-state index is 0.0194. The van der Waals surface area contributed by atoms with Crippen molar-refractivity contribution in [3.05, 3.63) is 12.7 Å². The largest absolute Gasteiger partial charge is 0.278 e. The number of hydrogen-bond acceptors (Lipinski definition) is 2. The number of carbonyl (C=O) groups excluding carboxylic acids is 2. The van der Waals surface area contributed by atoms with Crippen LogP contribution in [0.2, 0.25) is 0 Å². The molecule has 2 rings (SSSR count). The predicted octanol–water partition coefficient (Wildman–Crippen LogP) is 1.74. The lowest BCUT2D eigenvalue weighted by atomic mass is 9.84. The molecule has 1 aliphatic heterocycles. The van der Waals surface area contributed by atoms with Crippen molar-refractivity contribution in [3.63, 3.8) is 0 Å². The molecule has 2 fully saturated rings. The predicted molar refractivity (Wildman–Crippen MR) is 57.0 cm³/mol. The van der Waals surface area contributed by atoms with Crippen LogP contribution in [0.15, 0.2) is 12.7 Å². The van der Waals surface area contributed by atoms with Crippen molar-refractivity contribution >= 4 is 11.8 Å². The van der Waals surface area contributed by atoms with Crippen LogP contribution in [-0.2, 0) is 9.59 Å². The van der Waals surface area contributed by atoms with E-state index in [2.05, 4.69) is 13.5 Å². The molecule has 2 atom stereocenters. The lowest BCUT2D eigenvalue weighted by Crippen LogP contribution is -2.34. The van der Waals surface area contributed by atoms with Crippen molar-refractivity contribution in [3.8, 4) is 0 Å². The van der Waals surface area contributed by atoms with Crippen molar-refractivity contribution in [2.45, 2.75) is 32.6 Å². The highest BCUT2D eigenvalue weighted by Crippen LogP contribution is 2.49. The number of nitrogens with zero attached hydrogens (tertiary/aromatic N) is 1. The topological polar surface area (TPSA) is 37.4 Å². The molecule has 2 aliphatic rings. The first-order valence-electron chi connectivity index (χ1n) is 5.55. The number of amides is 2. The summed E-state index contributed by atoms with van der Waals surface area (Å²) in [6.45, 7) is 6.10. The van der Waals surface area contributed by atoms with Crippen LogP contribution in [-0.4, -0.2) is 23.3 Å². The Morgan fingerprint density at radius 3 is 2.87 bits per heavy atom. The number of imide groups is 1. The fourth-order valence-corrected chi connectivity index (χ4v) is 2.92. The normalized spacial score (nSPS) is 35.5. The van der Waals surface area contributed by atoms with Gasteiger partial charge in [-0.1, -0.05) is 13.0 Å². The summed E-state index contributed by atoms with van der Waals surface area (Å²) in [7, 11) is 0. The lowest BCUT2D eigenvalue weighted by molar-refractivity contribution is -0.140. The monoisotopic (exact) mass is 207 g/mol. The van der Waals surface area contributed by atoms with Crippen molar-refractivity contribution in [2.75, 3.05) is 6.54 Å². The SMILES string of the molecule is C=CCN1C(=O)CC2(CCC(C)C2)C1=O. The fourth-order valence-electron chi connectivity index (χ4n) is 2.92. The van der Waals surface area contributed by atoms with Crippen molar-refractivity contribution in [1.29, 1.82) is 0 Å². The third-order valence-corrected chi connectivity index (χ3v) is 3.66. The first-order valence-corrected chi connectivity index (χ1v) is 5.55. The van der Waals surface area contributed by atoms with Gasteiger partial charge in [0.05, 0.1) is 5.41 Å². The number of rotatable bonds is 2. The summed E-state index contributed by atoms with van der Waals surface area (Å²) in [5.74, 6) is 0.594. The van der Waals surface area contributed by atoms with E-state index in [1.165, 1.54) is 4.90 Å². The molecule has 2 unspecified atom stereocenters. The molecule has 2 amide bonds. The molecular formula is C12H17NO2. The van der Waals surface area contributed by atoms with Gasteiger partial charge in [0.2, 0.25) is 11.8 Å². The maximum absolute atomic E-state index is 12.1. The summed E-state index contributed by atoms with van der Waals surface area (Å²) in [5, 5.41) is 0. The molecule has 1 heterocycles. The summed E-state index contributed by atoms with van der Waals surface area (Å²) < 4.78 is 0. The highest BCUT2D eigenvalue weighted by atomic mass is 16.2. The summed E-state index contributed by atoms with van der Waals surface area (Å²) in [4.78, 5) is 25.2. The van der Waals surface area contributed by atoms with Gasteiger partial charge in [0.15, 0.2) is 0 Å². The Balaban J connectivity index is 2.21. The Kier molecular flexibility index (Phi) is 2.41. The van der Waals surface area contributed by atoms with Gasteiger partial charge < -0.3 is 0 Å². The molecule has 15 heavy (non-hydrogen) atoms. The van der Waals surface area contributed by atoms with Crippen molar-refractivity contribution in [1.82, 2.24) is 4.90 Å². The molecule has 0 aromatic heterocycles. The van der Waals surface area contributed by atoms with Crippen LogP contribution in [0.1, 0.15) is 32.6 Å². The van der Waals surface area contributed by atoms with Gasteiger partial charge in [-0.25, -0.2) is 0 Å². The Morgan fingerprint density at radius 1 is 1.60 bits per heavy atom. The Bertz CT molecular complexity index is 324. The first kappa shape index (κ1) is 10.4. The minimum atomic E-state index is -0.348. The van der Waals surface area contributed by atoms with Gasteiger partial charge in [-0.2, -0.15) is 0 Å². The number of carbonyl (C=O) groups is 2. The molecule has 1 aliphatic carbocycles. The molecule has 1 saturated carbocycles. The molecular weight excluding hydrogens is 190 g/mol. The smallest absolute Gasteiger partial charge is 0.236 e. The van der Waals surface area contributed by atoms with Gasteiger partial charge in [-0.05, 0) is 25.2 Å². The van der Waals surface area contributed by atoms with Crippen molar-refractivity contribution < 1.29 is 9.59 Å². The van der Waals surface area contributed by atoms with Crippen LogP contribution in [0.5, 0.6) is 0 Å². The van der Waals surface area contributed by atoms with Crippen LogP contribution < -0.4 is 0 Å². The average Bonchev–Trinajstić information content (AvgIpc) is 2.64. The molecule has 3 heteroatoms. The van der Waals surface area contributed by atoms with Gasteiger partial charge in [-0.3, -0.25) is 14.5 Å². The second kappa shape index (κ2) is 3.47. The summed E-state index contributed by atoms with van der Waals surface area (Å²) in [5.41, 5.74) is -0.348. The van der Waals surface area contributed by atoms with Gasteiger partial charge in [0.1, 0.15) is 0 Å². The molecule has 1 spiro atoms. The van der Waals surface area contributed by atoms with Gasteiger partial charge in [-0.15, -0.1) is 6.58 Å². The summed E-state index contributed by atoms with van der Waals surface area (Å²) in [6.07, 6.45) is 4.87. The summed E-state index contributed by atoms with van der Waals surface area (Å²) in [6, 6.07) is 0. The molecule has 0 radical (unpaired) electrons. The number of hydrogen-bond donors (Lipinski definition) is 0. The zero-order chi connectivity index (χ0) is 11.1. The molecule has 0 aromatic carbocycles. The number of likely N-dealkylation sites (tertiary alicyclic amines) is 1. The molecule has 82 valence electrons. The van der Waals surface area contributed by atoms with E-state index in [-0.39, 0.29) is 17.2 Å². The van der Waals surface area contributed by atoms with E-state index in [0.29, 0.717) is 18.9 Å². The Hall–Kier alpha value is -1.12. The second-order valence-electron chi connectivity index (χ2n) is 4.90. The molecule has 0 aromatic rings. The second-order valence-corrected chi connectivity index (χ2v) is 4.90. The van der Waals surface area contributed by atoms with E-state index in [4.69, 9.17) is 0 Å². The van der Waals surface area contributed by atoms with E-state index in [1.54, 1.807) is 6.08 Å². The summed E-state index contributed by atoms with van der Waals surface area (Å²) >= 11 is 0.